The van der Waals surface area contributed by atoms with Crippen molar-refractivity contribution in [3.8, 4) is 100 Å². The van der Waals surface area contributed by atoms with Gasteiger partial charge in [-0.3, -0.25) is 0 Å². The standard InChI is InChI=1S/C106H75BN4/c1-106(2,3)82-68-101-103-102(69-82)111(105-89(74-40-20-8-21-41-74)64-81(71-34-14-5-15-35-71)65-90(105)75-42-22-9-23-43-75)100-67-79(77-55-59-98-92(61-77)86-49-29-31-51-96(86)109(98)84-46-26-11-27-47-84)53-57-94(100)107(103)93-56-52-78(76-54-58-97-91(60-76)85-48-28-30-50-95(85)108(97)83-44-24-10-25-45-83)66-99(93)110(101)104-87(72-36-16-6-17-37-72)62-80(70-32-12-4-13-33-70)63-88(104)73-38-18-7-19-39-73/h4-69H,1-3H3. The molecule has 111 heavy (non-hydrogen) atoms. The van der Waals surface area contributed by atoms with E-state index in [1.165, 1.54) is 65.6 Å². The van der Waals surface area contributed by atoms with E-state index in [1.54, 1.807) is 0 Å². The molecule has 5 heteroatoms. The van der Waals surface area contributed by atoms with Crippen LogP contribution in [0.15, 0.2) is 400 Å². The Labute approximate surface area is 648 Å². The Morgan fingerprint density at radius 2 is 0.505 bits per heavy atom. The van der Waals surface area contributed by atoms with E-state index in [2.05, 4.69) is 440 Å². The minimum atomic E-state index is -0.353. The molecule has 21 rings (SSSR count). The third-order valence-corrected chi connectivity index (χ3v) is 23.2. The van der Waals surface area contributed by atoms with Gasteiger partial charge in [-0.2, -0.15) is 0 Å². The first-order valence-corrected chi connectivity index (χ1v) is 38.7. The Hall–Kier alpha value is -14.0. The smallest absolute Gasteiger partial charge is 0.252 e. The van der Waals surface area contributed by atoms with Crippen molar-refractivity contribution in [1.82, 2.24) is 9.13 Å². The summed E-state index contributed by atoms with van der Waals surface area (Å²) in [7, 11) is 0. The molecule has 4 heterocycles. The van der Waals surface area contributed by atoms with E-state index in [0.29, 0.717) is 0 Å². The Bertz CT molecular complexity index is 6300. The fourth-order valence-electron chi connectivity index (χ4n) is 18.0. The Kier molecular flexibility index (Phi) is 15.6. The molecule has 0 bridgehead atoms. The Balaban J connectivity index is 0.901. The molecule has 0 atom stereocenters. The number of hydrogen-bond acceptors (Lipinski definition) is 2. The van der Waals surface area contributed by atoms with Crippen LogP contribution in [0.3, 0.4) is 0 Å². The van der Waals surface area contributed by atoms with Gasteiger partial charge in [0.15, 0.2) is 0 Å². The highest BCUT2D eigenvalue weighted by atomic mass is 15.2. The third-order valence-electron chi connectivity index (χ3n) is 23.2. The zero-order valence-electron chi connectivity index (χ0n) is 62.0. The number of hydrogen-bond donors (Lipinski definition) is 0. The maximum Gasteiger partial charge on any atom is 0.252 e. The van der Waals surface area contributed by atoms with E-state index in [0.717, 1.165) is 135 Å². The average molecular weight is 1420 g/mol. The normalized spacial score (nSPS) is 12.4. The van der Waals surface area contributed by atoms with E-state index >= 15 is 0 Å². The third kappa shape index (κ3) is 11.0. The summed E-state index contributed by atoms with van der Waals surface area (Å²) in [5.41, 5.74) is 36.5. The molecule has 0 spiro atoms. The summed E-state index contributed by atoms with van der Waals surface area (Å²) in [5.74, 6) is 0. The molecule has 0 saturated carbocycles. The maximum atomic E-state index is 2.72. The van der Waals surface area contributed by atoms with Gasteiger partial charge in [-0.25, -0.2) is 0 Å². The van der Waals surface area contributed by atoms with Crippen molar-refractivity contribution in [2.45, 2.75) is 26.2 Å². The van der Waals surface area contributed by atoms with E-state index in [4.69, 9.17) is 0 Å². The molecular weight excluding hydrogens is 1340 g/mol. The Morgan fingerprint density at radius 3 is 0.847 bits per heavy atom. The van der Waals surface area contributed by atoms with Gasteiger partial charge in [0.1, 0.15) is 0 Å². The lowest BCUT2D eigenvalue weighted by molar-refractivity contribution is 0.590. The van der Waals surface area contributed by atoms with E-state index in [1.807, 2.05) is 0 Å². The average Bonchev–Trinajstić information content (AvgIpc) is 1.37. The summed E-state index contributed by atoms with van der Waals surface area (Å²) in [6, 6.07) is 150. The number of para-hydroxylation sites is 4. The van der Waals surface area contributed by atoms with Crippen LogP contribution >= 0.6 is 0 Å². The predicted octanol–water partition coefficient (Wildman–Crippen LogP) is 26.6. The number of rotatable bonds is 12. The van der Waals surface area contributed by atoms with Crippen molar-refractivity contribution < 1.29 is 0 Å². The fourth-order valence-corrected chi connectivity index (χ4v) is 18.0. The highest BCUT2D eigenvalue weighted by Crippen LogP contribution is 2.56. The summed E-state index contributed by atoms with van der Waals surface area (Å²) in [6.45, 7) is 6.93. The van der Waals surface area contributed by atoms with Crippen molar-refractivity contribution in [1.29, 1.82) is 0 Å². The van der Waals surface area contributed by atoms with Gasteiger partial charge in [0.05, 0.1) is 33.4 Å². The minimum Gasteiger partial charge on any atom is -0.310 e. The van der Waals surface area contributed by atoms with Crippen LogP contribution in [0.4, 0.5) is 34.1 Å². The molecule has 2 aliphatic rings. The first kappa shape index (κ1) is 65.3. The van der Waals surface area contributed by atoms with E-state index < -0.39 is 0 Å². The van der Waals surface area contributed by atoms with Crippen LogP contribution in [0.5, 0.6) is 0 Å². The van der Waals surface area contributed by atoms with Crippen molar-refractivity contribution in [2.24, 2.45) is 0 Å². The summed E-state index contributed by atoms with van der Waals surface area (Å²) in [5, 5.41) is 4.85. The number of nitrogens with zero attached hydrogens (tertiary/aromatic N) is 4. The second-order valence-corrected chi connectivity index (χ2v) is 30.7. The van der Waals surface area contributed by atoms with Gasteiger partial charge >= 0.3 is 0 Å². The molecular formula is C106H75BN4. The zero-order valence-corrected chi connectivity index (χ0v) is 62.0. The first-order valence-electron chi connectivity index (χ1n) is 38.7. The van der Waals surface area contributed by atoms with Crippen molar-refractivity contribution in [3.63, 3.8) is 0 Å². The molecule has 2 aliphatic heterocycles. The number of benzene rings is 17. The SMILES string of the molecule is CC(C)(C)c1cc2c3c(c1)N(c1c(-c4ccccc4)cc(-c4ccccc4)cc1-c1ccccc1)c1cc(-c4ccc5c(c4)c4ccccc4n5-c4ccccc4)ccc1B3c1ccc(-c3ccc4c(c3)c3ccccc3n4-c3ccccc3)cc1N2c1c(-c2ccccc2)cc(-c2ccccc2)cc1-c1ccccc1. The number of fused-ring (bicyclic) bond motifs is 10. The molecule has 17 aromatic carbocycles. The van der Waals surface area contributed by atoms with Crippen molar-refractivity contribution in [2.75, 3.05) is 9.80 Å². The molecule has 0 aliphatic carbocycles. The lowest BCUT2D eigenvalue weighted by Crippen LogP contribution is -2.61. The van der Waals surface area contributed by atoms with Gasteiger partial charge in [0.2, 0.25) is 0 Å². The minimum absolute atomic E-state index is 0.254. The van der Waals surface area contributed by atoms with Gasteiger partial charge in [-0.15, -0.1) is 0 Å². The van der Waals surface area contributed by atoms with Crippen LogP contribution in [0.1, 0.15) is 26.3 Å². The van der Waals surface area contributed by atoms with Crippen LogP contribution in [-0.2, 0) is 5.41 Å². The van der Waals surface area contributed by atoms with E-state index in [-0.39, 0.29) is 12.1 Å². The van der Waals surface area contributed by atoms with Gasteiger partial charge in [-0.05, 0) is 203 Å². The summed E-state index contributed by atoms with van der Waals surface area (Å²) >= 11 is 0. The molecule has 0 amide bonds. The molecule has 19 aromatic rings. The van der Waals surface area contributed by atoms with Crippen molar-refractivity contribution >= 4 is 101 Å². The molecule has 0 N–H and O–H groups in total. The highest BCUT2D eigenvalue weighted by molar-refractivity contribution is 7.00. The van der Waals surface area contributed by atoms with Crippen LogP contribution in [0.25, 0.3) is 144 Å². The van der Waals surface area contributed by atoms with Gasteiger partial charge < -0.3 is 18.9 Å². The second-order valence-electron chi connectivity index (χ2n) is 30.7. The lowest BCUT2D eigenvalue weighted by atomic mass is 9.33. The molecule has 4 nitrogen and oxygen atoms in total. The Morgan fingerprint density at radius 1 is 0.216 bits per heavy atom. The van der Waals surface area contributed by atoms with Gasteiger partial charge in [0.25, 0.3) is 6.71 Å². The fraction of sp³-hybridized carbons (Fsp3) is 0.0377. The van der Waals surface area contributed by atoms with Gasteiger partial charge in [0, 0.05) is 77.9 Å². The van der Waals surface area contributed by atoms with E-state index in [9.17, 15) is 0 Å². The highest BCUT2D eigenvalue weighted by Gasteiger charge is 2.46. The predicted molar refractivity (Wildman–Crippen MR) is 471 cm³/mol. The van der Waals surface area contributed by atoms with Gasteiger partial charge in [-0.1, -0.05) is 312 Å². The maximum absolute atomic E-state index is 2.72. The zero-order chi connectivity index (χ0) is 73.8. The topological polar surface area (TPSA) is 16.3 Å². The van der Waals surface area contributed by atoms with Crippen LogP contribution in [0.2, 0.25) is 0 Å². The summed E-state index contributed by atoms with van der Waals surface area (Å²) in [4.78, 5) is 5.44. The largest absolute Gasteiger partial charge is 0.310 e. The van der Waals surface area contributed by atoms with Crippen LogP contribution in [-0.4, -0.2) is 15.8 Å². The molecule has 0 radical (unpaired) electrons. The summed E-state index contributed by atoms with van der Waals surface area (Å²) in [6.07, 6.45) is 0. The summed E-state index contributed by atoms with van der Waals surface area (Å²) < 4.78 is 4.84. The molecule has 0 saturated heterocycles. The molecule has 0 unspecified atom stereocenters. The second kappa shape index (κ2) is 26.4. The molecule has 0 fully saturated rings. The molecule has 2 aromatic heterocycles. The quantitative estimate of drug-likeness (QED) is 0.113. The number of aromatic nitrogens is 2. The lowest BCUT2D eigenvalue weighted by Gasteiger charge is -2.46. The first-order chi connectivity index (χ1) is 54.7. The van der Waals surface area contributed by atoms with Crippen LogP contribution < -0.4 is 26.2 Å². The monoisotopic (exact) mass is 1410 g/mol. The molecule has 522 valence electrons. The van der Waals surface area contributed by atoms with Crippen LogP contribution in [0, 0.1) is 0 Å². The van der Waals surface area contributed by atoms with Crippen molar-refractivity contribution in [3.05, 3.63) is 406 Å². The number of anilines is 6.